The number of nitrogens with zero attached hydrogens (tertiary/aromatic N) is 1. The molecule has 1 saturated heterocycles. The molecule has 8 heteroatoms. The third kappa shape index (κ3) is 5.85. The molecule has 4 aromatic carbocycles. The third-order valence-corrected chi connectivity index (χ3v) is 6.86. The van der Waals surface area contributed by atoms with Gasteiger partial charge < -0.3 is 10.1 Å². The molecule has 0 atom stereocenters. The molecule has 3 amide bonds. The Labute approximate surface area is 222 Å². The number of amides is 3. The number of nitrogens with one attached hydrogen (secondary N) is 1. The van der Waals surface area contributed by atoms with Crippen LogP contribution in [0.4, 0.5) is 10.5 Å². The van der Waals surface area contributed by atoms with Gasteiger partial charge in [-0.25, -0.2) is 0 Å². The summed E-state index contributed by atoms with van der Waals surface area (Å²) in [7, 11) is 0. The van der Waals surface area contributed by atoms with Crippen molar-refractivity contribution in [2.24, 2.45) is 0 Å². The third-order valence-electron chi connectivity index (χ3n) is 5.71. The van der Waals surface area contributed by atoms with Crippen LogP contribution < -0.4 is 10.1 Å². The van der Waals surface area contributed by atoms with Crippen LogP contribution in [0.1, 0.15) is 11.1 Å². The van der Waals surface area contributed by atoms with Crippen LogP contribution in [0.5, 0.6) is 5.75 Å². The second kappa shape index (κ2) is 10.9. The predicted molar refractivity (Wildman–Crippen MR) is 147 cm³/mol. The molecule has 37 heavy (non-hydrogen) atoms. The number of thioether (sulfide) groups is 1. The molecule has 1 aliphatic rings. The highest BCUT2D eigenvalue weighted by Gasteiger charge is 2.36. The maximum Gasteiger partial charge on any atom is 0.294 e. The summed E-state index contributed by atoms with van der Waals surface area (Å²) in [6, 6.07) is 28.2. The number of halogens is 1. The summed E-state index contributed by atoms with van der Waals surface area (Å²) in [6.07, 6.45) is 1.63. The van der Waals surface area contributed by atoms with Crippen molar-refractivity contribution >= 4 is 63.0 Å². The fourth-order valence-corrected chi connectivity index (χ4v) is 5.00. The van der Waals surface area contributed by atoms with Gasteiger partial charge in [0.25, 0.3) is 11.1 Å². The van der Waals surface area contributed by atoms with Crippen LogP contribution in [0.15, 0.2) is 95.9 Å². The molecular weight excluding hydrogens is 508 g/mol. The summed E-state index contributed by atoms with van der Waals surface area (Å²) in [4.78, 5) is 38.9. The van der Waals surface area contributed by atoms with Crippen molar-refractivity contribution in [3.63, 3.8) is 0 Å². The lowest BCUT2D eigenvalue weighted by atomic mass is 10.1. The molecule has 0 saturated carbocycles. The smallest absolute Gasteiger partial charge is 0.294 e. The van der Waals surface area contributed by atoms with E-state index in [-0.39, 0.29) is 11.4 Å². The van der Waals surface area contributed by atoms with E-state index in [1.54, 1.807) is 30.3 Å². The fraction of sp³-hybridized carbons (Fsp3) is 0.0690. The van der Waals surface area contributed by atoms with Crippen molar-refractivity contribution in [2.45, 2.75) is 6.61 Å². The van der Waals surface area contributed by atoms with Crippen molar-refractivity contribution in [1.82, 2.24) is 4.90 Å². The van der Waals surface area contributed by atoms with Crippen LogP contribution in [0.2, 0.25) is 5.02 Å². The zero-order chi connectivity index (χ0) is 25.8. The normalized spacial score (nSPS) is 14.4. The maximum atomic E-state index is 12.9. The van der Waals surface area contributed by atoms with Gasteiger partial charge in [-0.15, -0.1) is 0 Å². The van der Waals surface area contributed by atoms with Crippen LogP contribution >= 0.6 is 23.4 Å². The van der Waals surface area contributed by atoms with E-state index in [9.17, 15) is 14.4 Å². The largest absolute Gasteiger partial charge is 0.489 e. The first-order valence-electron chi connectivity index (χ1n) is 11.5. The number of carbonyl (C=O) groups excluding carboxylic acids is 3. The minimum atomic E-state index is -0.515. The van der Waals surface area contributed by atoms with Crippen molar-refractivity contribution in [3.8, 4) is 5.75 Å². The molecule has 0 aliphatic carbocycles. The Morgan fingerprint density at radius 3 is 2.59 bits per heavy atom. The summed E-state index contributed by atoms with van der Waals surface area (Å²) >= 11 is 6.74. The molecule has 4 aromatic rings. The summed E-state index contributed by atoms with van der Waals surface area (Å²) < 4.78 is 6.03. The van der Waals surface area contributed by atoms with Gasteiger partial charge in [0.15, 0.2) is 0 Å². The molecule has 1 heterocycles. The van der Waals surface area contributed by atoms with E-state index in [4.69, 9.17) is 16.3 Å². The van der Waals surface area contributed by atoms with E-state index in [1.165, 1.54) is 0 Å². The van der Waals surface area contributed by atoms with Crippen LogP contribution in [-0.2, 0) is 16.2 Å². The minimum absolute atomic E-state index is 0.242. The topological polar surface area (TPSA) is 75.7 Å². The number of fused-ring (bicyclic) bond motifs is 1. The first kappa shape index (κ1) is 24.6. The highest BCUT2D eigenvalue weighted by molar-refractivity contribution is 8.18. The molecule has 0 bridgehead atoms. The number of imide groups is 1. The van der Waals surface area contributed by atoms with Crippen molar-refractivity contribution in [1.29, 1.82) is 0 Å². The number of rotatable bonds is 7. The van der Waals surface area contributed by atoms with Crippen molar-refractivity contribution in [2.75, 3.05) is 11.9 Å². The van der Waals surface area contributed by atoms with Gasteiger partial charge in [-0.2, -0.15) is 0 Å². The minimum Gasteiger partial charge on any atom is -0.489 e. The SMILES string of the molecule is O=C(CN1C(=O)S/C(=C/c2cccc(OCc3cccc4ccccc34)c2)C1=O)Nc1cccc(Cl)c1. The first-order valence-corrected chi connectivity index (χ1v) is 12.7. The second-order valence-electron chi connectivity index (χ2n) is 8.33. The molecule has 0 spiro atoms. The Bertz CT molecular complexity index is 1550. The van der Waals surface area contributed by atoms with Gasteiger partial charge in [0.2, 0.25) is 5.91 Å². The number of carbonyl (C=O) groups is 3. The van der Waals surface area contributed by atoms with E-state index in [1.807, 2.05) is 48.5 Å². The van der Waals surface area contributed by atoms with Crippen molar-refractivity contribution in [3.05, 3.63) is 112 Å². The number of benzene rings is 4. The molecule has 0 unspecified atom stereocenters. The van der Waals surface area contributed by atoms with Crippen LogP contribution in [0, 0.1) is 0 Å². The predicted octanol–water partition coefficient (Wildman–Crippen LogP) is 6.75. The molecule has 6 nitrogen and oxygen atoms in total. The quantitative estimate of drug-likeness (QED) is 0.269. The number of hydrogen-bond acceptors (Lipinski definition) is 5. The summed E-state index contributed by atoms with van der Waals surface area (Å²) in [5, 5.41) is 4.90. The molecular formula is C29H21ClN2O4S. The lowest BCUT2D eigenvalue weighted by Crippen LogP contribution is -2.36. The second-order valence-corrected chi connectivity index (χ2v) is 9.76. The zero-order valence-electron chi connectivity index (χ0n) is 19.5. The van der Waals surface area contributed by atoms with E-state index in [0.29, 0.717) is 28.6 Å². The Morgan fingerprint density at radius 1 is 0.946 bits per heavy atom. The van der Waals surface area contributed by atoms with Crippen molar-refractivity contribution < 1.29 is 19.1 Å². The molecule has 184 valence electrons. The van der Waals surface area contributed by atoms with Gasteiger partial charge in [-0.1, -0.05) is 72.3 Å². The van der Waals surface area contributed by atoms with Gasteiger partial charge in [0.1, 0.15) is 18.9 Å². The Kier molecular flexibility index (Phi) is 7.25. The monoisotopic (exact) mass is 528 g/mol. The van der Waals surface area contributed by atoms with Crippen LogP contribution in [0.25, 0.3) is 16.8 Å². The molecule has 5 rings (SSSR count). The highest BCUT2D eigenvalue weighted by Crippen LogP contribution is 2.33. The molecule has 1 N–H and O–H groups in total. The summed E-state index contributed by atoms with van der Waals surface area (Å²) in [5.41, 5.74) is 2.27. The average molecular weight is 529 g/mol. The molecule has 1 aliphatic heterocycles. The van der Waals surface area contributed by atoms with Gasteiger partial charge in [-0.05, 0) is 70.1 Å². The summed E-state index contributed by atoms with van der Waals surface area (Å²) in [6.45, 7) is 0.00572. The number of anilines is 1. The lowest BCUT2D eigenvalue weighted by Gasteiger charge is -2.12. The van der Waals surface area contributed by atoms with Gasteiger partial charge in [-0.3, -0.25) is 19.3 Å². The van der Waals surface area contributed by atoms with E-state index >= 15 is 0 Å². The zero-order valence-corrected chi connectivity index (χ0v) is 21.1. The molecule has 0 radical (unpaired) electrons. The fourth-order valence-electron chi connectivity index (χ4n) is 3.97. The Hall–Kier alpha value is -4.07. The first-order chi connectivity index (χ1) is 18.0. The summed E-state index contributed by atoms with van der Waals surface area (Å²) in [5.74, 6) is -0.366. The average Bonchev–Trinajstić information content (AvgIpc) is 3.15. The van der Waals surface area contributed by atoms with E-state index in [0.717, 1.165) is 33.0 Å². The number of hydrogen-bond donors (Lipinski definition) is 1. The van der Waals surface area contributed by atoms with Gasteiger partial charge >= 0.3 is 0 Å². The molecule has 1 fully saturated rings. The lowest BCUT2D eigenvalue weighted by molar-refractivity contribution is -0.127. The number of ether oxygens (including phenoxy) is 1. The standard InChI is InChI=1S/C29H21ClN2O4S/c30-22-10-5-11-23(16-22)31-27(33)17-32-28(34)26(37-29(32)35)15-19-6-3-12-24(14-19)36-18-21-9-4-8-20-7-1-2-13-25(20)21/h1-16H,17-18H2,(H,31,33)/b26-15+. The van der Waals surface area contributed by atoms with Crippen LogP contribution in [-0.4, -0.2) is 28.5 Å². The molecule has 0 aromatic heterocycles. The maximum absolute atomic E-state index is 12.9. The van der Waals surface area contributed by atoms with E-state index in [2.05, 4.69) is 23.5 Å². The van der Waals surface area contributed by atoms with Gasteiger partial charge in [0, 0.05) is 10.7 Å². The van der Waals surface area contributed by atoms with Gasteiger partial charge in [0.05, 0.1) is 4.91 Å². The Balaban J connectivity index is 1.25. The highest BCUT2D eigenvalue weighted by atomic mass is 35.5. The Morgan fingerprint density at radius 2 is 1.73 bits per heavy atom. The van der Waals surface area contributed by atoms with Crippen LogP contribution in [0.3, 0.4) is 0 Å². The van der Waals surface area contributed by atoms with E-state index < -0.39 is 17.1 Å².